The van der Waals surface area contributed by atoms with Gasteiger partial charge in [-0.2, -0.15) is 13.2 Å². The van der Waals surface area contributed by atoms with Gasteiger partial charge in [-0.3, -0.25) is 0 Å². The Morgan fingerprint density at radius 2 is 1.72 bits per heavy atom. The average Bonchev–Trinajstić information content (AvgIpc) is 3.29. The van der Waals surface area contributed by atoms with Crippen LogP contribution < -0.4 is 10.6 Å². The molecule has 0 unspecified atom stereocenters. The molecular formula is C17H13ClF4N2O. The summed E-state index contributed by atoms with van der Waals surface area (Å²) in [6.07, 6.45) is -3.28. The Bertz CT molecular complexity index is 801. The van der Waals surface area contributed by atoms with Gasteiger partial charge in [0.25, 0.3) is 0 Å². The highest BCUT2D eigenvalue weighted by molar-refractivity contribution is 6.31. The van der Waals surface area contributed by atoms with Crippen LogP contribution in [0.15, 0.2) is 42.5 Å². The van der Waals surface area contributed by atoms with Crippen molar-refractivity contribution in [2.24, 2.45) is 0 Å². The first-order valence-corrected chi connectivity index (χ1v) is 7.79. The van der Waals surface area contributed by atoms with Gasteiger partial charge in [0.1, 0.15) is 5.82 Å². The number of carbonyl (C=O) groups is 1. The van der Waals surface area contributed by atoms with Crippen LogP contribution in [0.5, 0.6) is 0 Å². The van der Waals surface area contributed by atoms with Crippen LogP contribution >= 0.6 is 11.6 Å². The Kier molecular flexibility index (Phi) is 4.36. The van der Waals surface area contributed by atoms with Crippen LogP contribution in [0.25, 0.3) is 0 Å². The number of nitrogens with one attached hydrogen (secondary N) is 2. The molecule has 2 amide bonds. The topological polar surface area (TPSA) is 41.1 Å². The third-order valence-electron chi connectivity index (χ3n) is 4.03. The predicted octanol–water partition coefficient (Wildman–Crippen LogP) is 5.31. The number of hydrogen-bond donors (Lipinski definition) is 2. The molecule has 8 heteroatoms. The van der Waals surface area contributed by atoms with Crippen LogP contribution in [0.1, 0.15) is 24.0 Å². The van der Waals surface area contributed by atoms with Crippen LogP contribution in [0, 0.1) is 5.82 Å². The van der Waals surface area contributed by atoms with Gasteiger partial charge < -0.3 is 10.6 Å². The summed E-state index contributed by atoms with van der Waals surface area (Å²) in [7, 11) is 0. The molecule has 0 bridgehead atoms. The van der Waals surface area contributed by atoms with Gasteiger partial charge in [0.05, 0.1) is 16.1 Å². The average molecular weight is 373 g/mol. The van der Waals surface area contributed by atoms with Crippen LogP contribution in [0.4, 0.5) is 28.0 Å². The summed E-state index contributed by atoms with van der Waals surface area (Å²) in [6.45, 7) is 0. The molecule has 0 aliphatic heterocycles. The maximum absolute atomic E-state index is 13.0. The SMILES string of the molecule is O=C(Nc1ccc(Cl)c(C(F)(F)F)c1)NC1(c2ccc(F)cc2)CC1. The maximum atomic E-state index is 13.0. The molecule has 1 saturated carbocycles. The van der Waals surface area contributed by atoms with E-state index in [1.165, 1.54) is 18.2 Å². The molecule has 0 radical (unpaired) electrons. The van der Waals surface area contributed by atoms with E-state index in [0.29, 0.717) is 12.8 Å². The van der Waals surface area contributed by atoms with Crippen molar-refractivity contribution in [3.8, 4) is 0 Å². The zero-order chi connectivity index (χ0) is 18.2. The normalized spacial score (nSPS) is 15.6. The number of rotatable bonds is 3. The second-order valence-corrected chi connectivity index (χ2v) is 6.27. The number of carbonyl (C=O) groups excluding carboxylic acids is 1. The summed E-state index contributed by atoms with van der Waals surface area (Å²) < 4.78 is 51.6. The number of hydrogen-bond acceptors (Lipinski definition) is 1. The fourth-order valence-electron chi connectivity index (χ4n) is 2.58. The number of anilines is 1. The minimum absolute atomic E-state index is 0.0240. The maximum Gasteiger partial charge on any atom is 0.417 e. The Morgan fingerprint density at radius 3 is 2.28 bits per heavy atom. The lowest BCUT2D eigenvalue weighted by molar-refractivity contribution is -0.137. The Balaban J connectivity index is 1.72. The van der Waals surface area contributed by atoms with Crippen molar-refractivity contribution in [3.63, 3.8) is 0 Å². The molecule has 0 atom stereocenters. The Labute approximate surface area is 146 Å². The zero-order valence-electron chi connectivity index (χ0n) is 12.8. The van der Waals surface area contributed by atoms with E-state index in [1.807, 2.05) is 0 Å². The van der Waals surface area contributed by atoms with E-state index in [4.69, 9.17) is 11.6 Å². The number of alkyl halides is 3. The van der Waals surface area contributed by atoms with Gasteiger partial charge in [0.2, 0.25) is 0 Å². The Hall–Kier alpha value is -2.28. The largest absolute Gasteiger partial charge is 0.417 e. The molecule has 0 aromatic heterocycles. The minimum Gasteiger partial charge on any atom is -0.328 e. The quantitative estimate of drug-likeness (QED) is 0.704. The molecule has 0 heterocycles. The van der Waals surface area contributed by atoms with Crippen molar-refractivity contribution < 1.29 is 22.4 Å². The lowest BCUT2D eigenvalue weighted by atomic mass is 10.1. The van der Waals surface area contributed by atoms with Gasteiger partial charge in [0, 0.05) is 5.69 Å². The molecular weight excluding hydrogens is 360 g/mol. The van der Waals surface area contributed by atoms with Crippen molar-refractivity contribution in [2.75, 3.05) is 5.32 Å². The summed E-state index contributed by atoms with van der Waals surface area (Å²) in [5.41, 5.74) is -0.913. The van der Waals surface area contributed by atoms with E-state index in [-0.39, 0.29) is 11.5 Å². The van der Waals surface area contributed by atoms with Gasteiger partial charge in [-0.15, -0.1) is 0 Å². The second-order valence-electron chi connectivity index (χ2n) is 5.86. The Morgan fingerprint density at radius 1 is 1.08 bits per heavy atom. The highest BCUT2D eigenvalue weighted by atomic mass is 35.5. The van der Waals surface area contributed by atoms with Gasteiger partial charge in [0.15, 0.2) is 0 Å². The van der Waals surface area contributed by atoms with Crippen LogP contribution in [-0.2, 0) is 11.7 Å². The van der Waals surface area contributed by atoms with Gasteiger partial charge in [-0.1, -0.05) is 23.7 Å². The summed E-state index contributed by atoms with van der Waals surface area (Å²) in [6, 6.07) is 8.24. The standard InChI is InChI=1S/C17H13ClF4N2O/c18-14-6-5-12(9-13(14)17(20,21)22)23-15(25)24-16(7-8-16)10-1-3-11(19)4-2-10/h1-6,9H,7-8H2,(H2,23,24,25). The fraction of sp³-hybridized carbons (Fsp3) is 0.235. The molecule has 2 aromatic rings. The van der Waals surface area contributed by atoms with Crippen LogP contribution in [0.2, 0.25) is 5.02 Å². The van der Waals surface area contributed by atoms with E-state index < -0.39 is 28.3 Å². The number of benzene rings is 2. The predicted molar refractivity (Wildman–Crippen MR) is 85.9 cm³/mol. The molecule has 3 rings (SSSR count). The minimum atomic E-state index is -4.61. The van der Waals surface area contributed by atoms with E-state index >= 15 is 0 Å². The first-order valence-electron chi connectivity index (χ1n) is 7.42. The first-order chi connectivity index (χ1) is 11.7. The molecule has 3 nitrogen and oxygen atoms in total. The van der Waals surface area contributed by atoms with Crippen molar-refractivity contribution in [1.29, 1.82) is 0 Å². The second kappa shape index (κ2) is 6.22. The molecule has 1 aliphatic rings. The third kappa shape index (κ3) is 3.87. The highest BCUT2D eigenvalue weighted by Gasteiger charge is 2.45. The van der Waals surface area contributed by atoms with Crippen molar-refractivity contribution in [3.05, 3.63) is 64.4 Å². The smallest absolute Gasteiger partial charge is 0.328 e. The van der Waals surface area contributed by atoms with Crippen LogP contribution in [0.3, 0.4) is 0 Å². The molecule has 2 aromatic carbocycles. The van der Waals surface area contributed by atoms with E-state index in [9.17, 15) is 22.4 Å². The van der Waals surface area contributed by atoms with Gasteiger partial charge >= 0.3 is 12.2 Å². The van der Waals surface area contributed by atoms with Crippen LogP contribution in [-0.4, -0.2) is 6.03 Å². The van der Waals surface area contributed by atoms with E-state index in [0.717, 1.165) is 17.7 Å². The fourth-order valence-corrected chi connectivity index (χ4v) is 2.80. The molecule has 0 saturated heterocycles. The van der Waals surface area contributed by atoms with Gasteiger partial charge in [-0.25, -0.2) is 9.18 Å². The van der Waals surface area contributed by atoms with Gasteiger partial charge in [-0.05, 0) is 48.7 Å². The number of halogens is 5. The first kappa shape index (κ1) is 17.5. The van der Waals surface area contributed by atoms with Crippen molar-refractivity contribution >= 4 is 23.3 Å². The molecule has 0 spiro atoms. The number of amides is 2. The summed E-state index contributed by atoms with van der Waals surface area (Å²) in [5, 5.41) is 4.67. The van der Waals surface area contributed by atoms with Crippen molar-refractivity contribution in [2.45, 2.75) is 24.6 Å². The van der Waals surface area contributed by atoms with E-state index in [2.05, 4.69) is 10.6 Å². The molecule has 132 valence electrons. The third-order valence-corrected chi connectivity index (χ3v) is 4.36. The highest BCUT2D eigenvalue weighted by Crippen LogP contribution is 2.45. The van der Waals surface area contributed by atoms with E-state index in [1.54, 1.807) is 12.1 Å². The molecule has 1 aliphatic carbocycles. The number of urea groups is 1. The zero-order valence-corrected chi connectivity index (χ0v) is 13.5. The van der Waals surface area contributed by atoms with Crippen molar-refractivity contribution in [1.82, 2.24) is 5.32 Å². The molecule has 1 fully saturated rings. The molecule has 25 heavy (non-hydrogen) atoms. The summed E-state index contributed by atoms with van der Waals surface area (Å²) in [4.78, 5) is 12.1. The lowest BCUT2D eigenvalue weighted by Crippen LogP contribution is -2.38. The summed E-state index contributed by atoms with van der Waals surface area (Å²) in [5.74, 6) is -0.384. The lowest BCUT2D eigenvalue weighted by Gasteiger charge is -2.19. The molecule has 2 N–H and O–H groups in total. The summed E-state index contributed by atoms with van der Waals surface area (Å²) >= 11 is 5.55. The monoisotopic (exact) mass is 372 g/mol.